The van der Waals surface area contributed by atoms with Crippen LogP contribution < -0.4 is 14.2 Å². The number of hydrogen-bond acceptors (Lipinski definition) is 6. The van der Waals surface area contributed by atoms with Crippen LogP contribution in [0.4, 0.5) is 0 Å². The van der Waals surface area contributed by atoms with Gasteiger partial charge in [0.05, 0.1) is 14.2 Å². The van der Waals surface area contributed by atoms with Gasteiger partial charge < -0.3 is 24.2 Å². The van der Waals surface area contributed by atoms with Gasteiger partial charge in [0.25, 0.3) is 0 Å². The second kappa shape index (κ2) is 11.2. The Balaban J connectivity index is 1.61. The van der Waals surface area contributed by atoms with E-state index in [2.05, 4.69) is 29.0 Å². The molecule has 164 valence electrons. The minimum atomic E-state index is -0.503. The standard InChI is InChI=1S/C24H34N2O4/c1-25(15-19-7-6-8-22(13-19)28-2)16-20-9-10-23(29-3)14-24(20)30-18-21(27)17-26-11-4-5-12-26/h6-10,13-14,21,27H,4-5,11-12,15-18H2,1-3H3. The maximum absolute atomic E-state index is 10.4. The molecular formula is C24H34N2O4. The number of hydrogen-bond donors (Lipinski definition) is 1. The highest BCUT2D eigenvalue weighted by Gasteiger charge is 2.17. The molecule has 1 atom stereocenters. The molecule has 0 bridgehead atoms. The van der Waals surface area contributed by atoms with Crippen molar-refractivity contribution in [2.24, 2.45) is 0 Å². The normalized spacial score (nSPS) is 15.4. The van der Waals surface area contributed by atoms with Gasteiger partial charge in [-0.2, -0.15) is 0 Å². The molecule has 0 amide bonds. The fourth-order valence-corrected chi connectivity index (χ4v) is 3.86. The van der Waals surface area contributed by atoms with Crippen LogP contribution in [-0.2, 0) is 13.1 Å². The summed E-state index contributed by atoms with van der Waals surface area (Å²) in [4.78, 5) is 4.52. The van der Waals surface area contributed by atoms with Crippen LogP contribution in [-0.4, -0.2) is 68.5 Å². The number of nitrogens with zero attached hydrogens (tertiary/aromatic N) is 2. The van der Waals surface area contributed by atoms with Crippen LogP contribution in [0.5, 0.6) is 17.2 Å². The highest BCUT2D eigenvalue weighted by Crippen LogP contribution is 2.27. The summed E-state index contributed by atoms with van der Waals surface area (Å²) >= 11 is 0. The van der Waals surface area contributed by atoms with E-state index in [1.807, 2.05) is 30.3 Å². The lowest BCUT2D eigenvalue weighted by Gasteiger charge is -2.22. The number of β-amino-alcohol motifs (C(OH)–C–C–N with tert-alkyl or cyclic N) is 1. The molecule has 30 heavy (non-hydrogen) atoms. The summed E-state index contributed by atoms with van der Waals surface area (Å²) in [6.45, 7) is 4.58. The first kappa shape index (κ1) is 22.4. The number of aliphatic hydroxyl groups excluding tert-OH is 1. The molecular weight excluding hydrogens is 380 g/mol. The van der Waals surface area contributed by atoms with Gasteiger partial charge in [0.2, 0.25) is 0 Å². The SMILES string of the molecule is COc1cccc(CN(C)Cc2ccc(OC)cc2OCC(O)CN2CCCC2)c1. The number of benzene rings is 2. The van der Waals surface area contributed by atoms with E-state index in [1.54, 1.807) is 14.2 Å². The molecule has 3 rings (SSSR count). The van der Waals surface area contributed by atoms with Crippen molar-refractivity contribution in [2.75, 3.05) is 47.5 Å². The molecule has 1 saturated heterocycles. The number of aliphatic hydroxyl groups is 1. The Kier molecular flexibility index (Phi) is 8.37. The molecule has 1 heterocycles. The summed E-state index contributed by atoms with van der Waals surface area (Å²) in [5.41, 5.74) is 2.25. The fourth-order valence-electron chi connectivity index (χ4n) is 3.86. The minimum Gasteiger partial charge on any atom is -0.497 e. The Morgan fingerprint density at radius 2 is 1.73 bits per heavy atom. The summed E-state index contributed by atoms with van der Waals surface area (Å²) in [5, 5.41) is 10.4. The monoisotopic (exact) mass is 414 g/mol. The molecule has 6 nitrogen and oxygen atoms in total. The van der Waals surface area contributed by atoms with Gasteiger partial charge in [-0.25, -0.2) is 0 Å². The van der Waals surface area contributed by atoms with Crippen molar-refractivity contribution in [3.8, 4) is 17.2 Å². The average Bonchev–Trinajstić information content (AvgIpc) is 3.26. The van der Waals surface area contributed by atoms with Crippen molar-refractivity contribution >= 4 is 0 Å². The average molecular weight is 415 g/mol. The summed E-state index contributed by atoms with van der Waals surface area (Å²) < 4.78 is 16.7. The second-order valence-electron chi connectivity index (χ2n) is 7.97. The maximum Gasteiger partial charge on any atom is 0.127 e. The largest absolute Gasteiger partial charge is 0.497 e. The van der Waals surface area contributed by atoms with Crippen LogP contribution in [0, 0.1) is 0 Å². The van der Waals surface area contributed by atoms with E-state index >= 15 is 0 Å². The summed E-state index contributed by atoms with van der Waals surface area (Å²) in [5.74, 6) is 2.37. The molecule has 2 aromatic rings. The molecule has 1 N–H and O–H groups in total. The first-order valence-electron chi connectivity index (χ1n) is 10.6. The van der Waals surface area contributed by atoms with Crippen molar-refractivity contribution in [1.29, 1.82) is 0 Å². The van der Waals surface area contributed by atoms with Gasteiger partial charge in [0, 0.05) is 31.3 Å². The smallest absolute Gasteiger partial charge is 0.127 e. The van der Waals surface area contributed by atoms with E-state index in [9.17, 15) is 5.11 Å². The summed E-state index contributed by atoms with van der Waals surface area (Å²) in [6.07, 6.45) is 1.93. The maximum atomic E-state index is 10.4. The molecule has 2 aromatic carbocycles. The zero-order valence-electron chi connectivity index (χ0n) is 18.3. The first-order valence-corrected chi connectivity index (χ1v) is 10.6. The van der Waals surface area contributed by atoms with Crippen molar-refractivity contribution < 1.29 is 19.3 Å². The summed E-state index contributed by atoms with van der Waals surface area (Å²) in [6, 6.07) is 14.0. The first-order chi connectivity index (χ1) is 14.6. The minimum absolute atomic E-state index is 0.274. The van der Waals surface area contributed by atoms with Crippen LogP contribution in [0.2, 0.25) is 0 Å². The van der Waals surface area contributed by atoms with Gasteiger partial charge in [-0.1, -0.05) is 18.2 Å². The van der Waals surface area contributed by atoms with E-state index in [4.69, 9.17) is 14.2 Å². The number of methoxy groups -OCH3 is 2. The van der Waals surface area contributed by atoms with E-state index < -0.39 is 6.10 Å². The van der Waals surface area contributed by atoms with Crippen LogP contribution >= 0.6 is 0 Å². The van der Waals surface area contributed by atoms with Gasteiger partial charge in [-0.15, -0.1) is 0 Å². The Morgan fingerprint density at radius 1 is 1.00 bits per heavy atom. The molecule has 0 spiro atoms. The van der Waals surface area contributed by atoms with Crippen molar-refractivity contribution in [2.45, 2.75) is 32.0 Å². The van der Waals surface area contributed by atoms with E-state index in [1.165, 1.54) is 18.4 Å². The Bertz CT molecular complexity index is 793. The van der Waals surface area contributed by atoms with Crippen molar-refractivity contribution in [3.63, 3.8) is 0 Å². The highest BCUT2D eigenvalue weighted by atomic mass is 16.5. The molecule has 0 radical (unpaired) electrons. The predicted molar refractivity (Wildman–Crippen MR) is 118 cm³/mol. The Hall–Kier alpha value is -2.28. The fraction of sp³-hybridized carbons (Fsp3) is 0.500. The molecule has 0 aliphatic carbocycles. The third kappa shape index (κ3) is 6.62. The molecule has 0 saturated carbocycles. The molecule has 6 heteroatoms. The third-order valence-electron chi connectivity index (χ3n) is 5.40. The molecule has 1 fully saturated rings. The van der Waals surface area contributed by atoms with Gasteiger partial charge in [0.1, 0.15) is 30.0 Å². The third-order valence-corrected chi connectivity index (χ3v) is 5.40. The zero-order chi connectivity index (χ0) is 21.3. The lowest BCUT2D eigenvalue weighted by atomic mass is 10.1. The van der Waals surface area contributed by atoms with E-state index in [0.717, 1.165) is 49.0 Å². The summed E-state index contributed by atoms with van der Waals surface area (Å²) in [7, 11) is 5.41. The number of ether oxygens (including phenoxy) is 3. The lowest BCUT2D eigenvalue weighted by molar-refractivity contribution is 0.0750. The second-order valence-corrected chi connectivity index (χ2v) is 7.97. The number of rotatable bonds is 11. The molecule has 1 aliphatic heterocycles. The molecule has 1 unspecified atom stereocenters. The van der Waals surface area contributed by atoms with Crippen molar-refractivity contribution in [3.05, 3.63) is 53.6 Å². The lowest BCUT2D eigenvalue weighted by Crippen LogP contribution is -2.33. The van der Waals surface area contributed by atoms with Crippen LogP contribution in [0.25, 0.3) is 0 Å². The van der Waals surface area contributed by atoms with Gasteiger partial charge in [-0.3, -0.25) is 4.90 Å². The highest BCUT2D eigenvalue weighted by molar-refractivity contribution is 5.41. The zero-order valence-corrected chi connectivity index (χ0v) is 18.3. The van der Waals surface area contributed by atoms with E-state index in [0.29, 0.717) is 6.54 Å². The van der Waals surface area contributed by atoms with Gasteiger partial charge in [-0.05, 0) is 56.7 Å². The number of likely N-dealkylation sites (tertiary alicyclic amines) is 1. The van der Waals surface area contributed by atoms with Gasteiger partial charge >= 0.3 is 0 Å². The van der Waals surface area contributed by atoms with Gasteiger partial charge in [0.15, 0.2) is 0 Å². The molecule has 0 aromatic heterocycles. The predicted octanol–water partition coefficient (Wildman–Crippen LogP) is 3.17. The quantitative estimate of drug-likeness (QED) is 0.610. The topological polar surface area (TPSA) is 54.4 Å². The van der Waals surface area contributed by atoms with E-state index in [-0.39, 0.29) is 6.61 Å². The van der Waals surface area contributed by atoms with Crippen LogP contribution in [0.15, 0.2) is 42.5 Å². The Labute approximate surface area is 180 Å². The van der Waals surface area contributed by atoms with Crippen molar-refractivity contribution in [1.82, 2.24) is 9.80 Å². The molecule has 1 aliphatic rings. The van der Waals surface area contributed by atoms with Crippen LogP contribution in [0.3, 0.4) is 0 Å². The van der Waals surface area contributed by atoms with Crippen LogP contribution in [0.1, 0.15) is 24.0 Å². The Morgan fingerprint density at radius 3 is 2.47 bits per heavy atom.